The molecule has 0 amide bonds. The van der Waals surface area contributed by atoms with Gasteiger partial charge in [0.05, 0.1) is 11.2 Å². The van der Waals surface area contributed by atoms with Crippen LogP contribution < -0.4 is 0 Å². The van der Waals surface area contributed by atoms with Crippen molar-refractivity contribution in [1.82, 2.24) is 34.9 Å². The third kappa shape index (κ3) is 22.2. The molecule has 3 aromatic heterocycles. The summed E-state index contributed by atoms with van der Waals surface area (Å²) in [7, 11) is 0. The first-order valence-corrected chi connectivity index (χ1v) is 47.4. The summed E-state index contributed by atoms with van der Waals surface area (Å²) in [6.45, 7) is 38.3. The minimum atomic E-state index is 0.577. The number of nitrogens with zero attached hydrogens (tertiary/aromatic N) is 5. The molecule has 8 atom stereocenters. The fraction of sp³-hybridized carbons (Fsp3) is 0.621. The van der Waals surface area contributed by atoms with Crippen LogP contribution in [0.25, 0.3) is 101 Å². The zero-order chi connectivity index (χ0) is 78.9. The molecule has 0 saturated carbocycles. The Morgan fingerprint density at radius 1 is 0.270 bits per heavy atom. The second-order valence-corrected chi connectivity index (χ2v) is 35.9. The lowest BCUT2D eigenvalue weighted by Gasteiger charge is -2.22. The number of nitrogens with one attached hydrogen (secondary N) is 2. The Labute approximate surface area is 683 Å². The number of benzene rings is 5. The predicted molar refractivity (Wildman–Crippen MR) is 487 cm³/mol. The smallest absolute Gasteiger partial charge is 0.164 e. The molecule has 0 aliphatic carbocycles. The molecular weight excluding hydrogens is 1420 g/mol. The van der Waals surface area contributed by atoms with Crippen molar-refractivity contribution >= 4 is 59.9 Å². The molecule has 0 spiro atoms. The third-order valence-corrected chi connectivity index (χ3v) is 27.7. The highest BCUT2D eigenvalue weighted by molar-refractivity contribution is 9.10. The van der Waals surface area contributed by atoms with E-state index >= 15 is 0 Å². The van der Waals surface area contributed by atoms with Crippen molar-refractivity contribution in [3.63, 3.8) is 0 Å². The van der Waals surface area contributed by atoms with Gasteiger partial charge in [-0.15, -0.1) is 0 Å². The number of H-pyrrole nitrogens is 2. The van der Waals surface area contributed by atoms with E-state index in [1.807, 2.05) is 0 Å². The van der Waals surface area contributed by atoms with Gasteiger partial charge in [0.2, 0.25) is 0 Å². The molecule has 0 saturated heterocycles. The lowest BCUT2D eigenvalue weighted by Crippen LogP contribution is -2.10. The van der Waals surface area contributed by atoms with Crippen LogP contribution in [0.1, 0.15) is 361 Å². The van der Waals surface area contributed by atoms with Gasteiger partial charge in [-0.1, -0.05) is 350 Å². The summed E-state index contributed by atoms with van der Waals surface area (Å²) < 4.78 is 1.04. The van der Waals surface area contributed by atoms with Gasteiger partial charge in [0.15, 0.2) is 17.5 Å². The Hall–Kier alpha value is -5.99. The monoisotopic (exact) mass is 1560 g/mol. The van der Waals surface area contributed by atoms with E-state index < -0.39 is 0 Å². The average molecular weight is 1570 g/mol. The summed E-state index contributed by atoms with van der Waals surface area (Å²) in [5.41, 5.74) is 23.0. The maximum Gasteiger partial charge on any atom is 0.164 e. The van der Waals surface area contributed by atoms with E-state index in [-0.39, 0.29) is 0 Å². The van der Waals surface area contributed by atoms with Crippen LogP contribution in [-0.2, 0) is 51.4 Å². The van der Waals surface area contributed by atoms with Crippen molar-refractivity contribution in [2.24, 2.45) is 47.3 Å². The lowest BCUT2D eigenvalue weighted by molar-refractivity contribution is 0.434. The molecule has 0 radical (unpaired) electrons. The molecule has 5 heterocycles. The largest absolute Gasteiger partial charge is 0.339 e. The molecule has 7 nitrogen and oxygen atoms in total. The summed E-state index contributed by atoms with van der Waals surface area (Å²) in [5.74, 6) is 6.91. The zero-order valence-electron chi connectivity index (χ0n) is 72.9. The van der Waals surface area contributed by atoms with Crippen LogP contribution in [0.4, 0.5) is 0 Å². The van der Waals surface area contributed by atoms with Gasteiger partial charge >= 0.3 is 0 Å². The van der Waals surface area contributed by atoms with Crippen molar-refractivity contribution in [2.75, 3.05) is 0 Å². The van der Waals surface area contributed by atoms with Gasteiger partial charge in [0, 0.05) is 59.4 Å². The maximum atomic E-state index is 6.24. The van der Waals surface area contributed by atoms with Gasteiger partial charge in [-0.05, 0) is 198 Å². The Morgan fingerprint density at radius 3 is 0.820 bits per heavy atom. The van der Waals surface area contributed by atoms with Gasteiger partial charge < -0.3 is 9.97 Å². The Kier molecular flexibility index (Phi) is 34.8. The van der Waals surface area contributed by atoms with Gasteiger partial charge in [0.25, 0.3) is 0 Å². The van der Waals surface area contributed by atoms with Crippen LogP contribution in [0.15, 0.2) is 77.3 Å². The Morgan fingerprint density at radius 2 is 0.523 bits per heavy atom. The summed E-state index contributed by atoms with van der Waals surface area (Å²) in [5, 5.41) is 4.59. The number of fused-ring (bicyclic) bond motifs is 20. The van der Waals surface area contributed by atoms with E-state index in [2.05, 4.69) is 209 Å². The number of hydrogen-bond donors (Lipinski definition) is 2. The molecule has 8 bridgehead atoms. The molecule has 8 aromatic rings. The number of unbranched alkanes of at least 4 members (excludes halogenated alkanes) is 8. The minimum Gasteiger partial charge on any atom is -0.339 e. The van der Waals surface area contributed by atoms with Crippen molar-refractivity contribution in [3.05, 3.63) is 122 Å². The van der Waals surface area contributed by atoms with Gasteiger partial charge in [-0.3, -0.25) is 0 Å². The lowest BCUT2D eigenvalue weighted by atomic mass is 9.83. The molecule has 8 heteroatoms. The first-order valence-electron chi connectivity index (χ1n) is 46.6. The van der Waals surface area contributed by atoms with E-state index in [9.17, 15) is 0 Å². The summed E-state index contributed by atoms with van der Waals surface area (Å²) in [4.78, 5) is 39.1. The van der Waals surface area contributed by atoms with Crippen molar-refractivity contribution in [2.45, 2.75) is 368 Å². The minimum absolute atomic E-state index is 0.577. The first-order chi connectivity index (χ1) is 54.2. The third-order valence-electron chi connectivity index (χ3n) is 27.0. The predicted octanol–water partition coefficient (Wildman–Crippen LogP) is 32.0. The number of hydrogen-bond acceptors (Lipinski definition) is 5. The quantitative estimate of drug-likeness (QED) is 0.0396. The highest BCUT2D eigenvalue weighted by atomic mass is 79.9. The molecule has 2 N–H and O–H groups in total. The maximum absolute atomic E-state index is 6.24. The molecular formula is C103H150BrN7. The molecule has 5 aromatic carbocycles. The number of halogens is 1. The van der Waals surface area contributed by atoms with Crippen molar-refractivity contribution in [1.29, 1.82) is 0 Å². The average Bonchev–Trinajstić information content (AvgIpc) is 1.58. The summed E-state index contributed by atoms with van der Waals surface area (Å²) in [6, 6.07) is 29.9. The number of rotatable bonds is 49. The van der Waals surface area contributed by atoms with Crippen LogP contribution in [0.3, 0.4) is 0 Å². The van der Waals surface area contributed by atoms with Crippen LogP contribution in [-0.4, -0.2) is 34.9 Å². The number of aromatic amines is 2. The zero-order valence-corrected chi connectivity index (χ0v) is 74.5. The van der Waals surface area contributed by atoms with Gasteiger partial charge in [0.1, 0.15) is 16.9 Å². The molecule has 10 rings (SSSR count). The van der Waals surface area contributed by atoms with Crippen LogP contribution in [0.5, 0.6) is 0 Å². The standard InChI is InChI=1S/C103H150BrN7/c1-17-33-43-69(25-9)53-77-61-86-88(63-79(77)55-71(27-11)45-35-19-3)98-105-96(86)95(85-51-41-42-52-94(85)104)97-87-62-78(54-70(26-10)44-34-18-2)80(56-72(28-12)46-36-20-4)64-89(87)99(106-97)108-101-91-66-82(58-74(30-14)48-38-22-6)84(60-76(32-16)50-40-24-8)68-93(91)103(110-101)111-102-92-67-83(59-75(31-15)49-39-23-7)81(57-73(29-13)47-37-21-5)65-90(92)100(107-98)109-102/h41-42,51-52,61-76H,17-40,43-50,53-60H2,1-16H3,(H2,105,106,107,108,109,110,111). The summed E-state index contributed by atoms with van der Waals surface area (Å²) >= 11 is 4.32. The Balaban J connectivity index is 1.47. The molecule has 111 heavy (non-hydrogen) atoms. The normalized spacial score (nSPS) is 14.4. The fourth-order valence-electron chi connectivity index (χ4n) is 19.1. The Bertz CT molecular complexity index is 4410. The van der Waals surface area contributed by atoms with E-state index in [1.165, 1.54) is 210 Å². The second-order valence-electron chi connectivity index (χ2n) is 35.0. The van der Waals surface area contributed by atoms with E-state index in [0.717, 1.165) is 197 Å². The van der Waals surface area contributed by atoms with Crippen LogP contribution >= 0.6 is 15.9 Å². The van der Waals surface area contributed by atoms with Crippen LogP contribution in [0, 0.1) is 47.3 Å². The molecule has 2 aliphatic heterocycles. The number of aromatic nitrogens is 7. The topological polar surface area (TPSA) is 96.0 Å². The van der Waals surface area contributed by atoms with E-state index in [0.29, 0.717) is 47.3 Å². The first kappa shape index (κ1) is 87.4. The molecule has 0 fully saturated rings. The second kappa shape index (κ2) is 44.2. The van der Waals surface area contributed by atoms with Crippen LogP contribution in [0.2, 0.25) is 0 Å². The van der Waals surface area contributed by atoms with Gasteiger partial charge in [-0.2, -0.15) is 0 Å². The highest BCUT2D eigenvalue weighted by Gasteiger charge is 2.32. The highest BCUT2D eigenvalue weighted by Crippen LogP contribution is 2.49. The molecule has 8 unspecified atom stereocenters. The SMILES string of the molecule is CCCCC(CC)Cc1cc2c(cc1CC(CC)CCCC)-c1nc-2nc2[nH]c(nc3nc(c(-c4ccccc4Br)c4[nH]c(n1)c1cc(CC(CC)CCCC)c(CC(CC)CCCC)cc41)-c1cc(CC(CC)CCCC)c(CC(CC)CCCC)cc1-3)c1cc(CC(CC)CCCC)c(CC(CC)CCCC)cc21. The van der Waals surface area contributed by atoms with Crippen molar-refractivity contribution in [3.8, 4) is 56.5 Å². The molecule has 604 valence electrons. The van der Waals surface area contributed by atoms with E-state index in [4.69, 9.17) is 24.9 Å². The summed E-state index contributed by atoms with van der Waals surface area (Å²) in [6.07, 6.45) is 47.3. The van der Waals surface area contributed by atoms with E-state index in [1.54, 1.807) is 0 Å². The van der Waals surface area contributed by atoms with Crippen molar-refractivity contribution < 1.29 is 0 Å². The van der Waals surface area contributed by atoms with Gasteiger partial charge in [-0.25, -0.2) is 24.9 Å². The molecule has 2 aliphatic rings. The fourth-order valence-corrected chi connectivity index (χ4v) is 19.6.